The Labute approximate surface area is 201 Å². The van der Waals surface area contributed by atoms with Crippen molar-refractivity contribution in [1.82, 2.24) is 19.7 Å². The molecule has 0 saturated carbocycles. The summed E-state index contributed by atoms with van der Waals surface area (Å²) >= 11 is 1.43. The van der Waals surface area contributed by atoms with Gasteiger partial charge in [-0.1, -0.05) is 53.7 Å². The number of fused-ring (bicyclic) bond motifs is 1. The molecule has 5 rings (SSSR count). The van der Waals surface area contributed by atoms with E-state index in [1.807, 2.05) is 94.4 Å². The molecule has 0 fully saturated rings. The Hall–Kier alpha value is -3.71. The lowest BCUT2D eigenvalue weighted by atomic mass is 10.1. The van der Waals surface area contributed by atoms with E-state index in [0.717, 1.165) is 22.4 Å². The van der Waals surface area contributed by atoms with Crippen molar-refractivity contribution in [3.05, 3.63) is 99.7 Å². The van der Waals surface area contributed by atoms with Gasteiger partial charge < -0.3 is 4.42 Å². The Morgan fingerprint density at radius 2 is 1.65 bits per heavy atom. The molecule has 0 aliphatic rings. The summed E-state index contributed by atoms with van der Waals surface area (Å²) in [5, 5.41) is 9.47. The SMILES string of the molecule is Cc1ccc(-c2nnc(C(C)Sc3nc4ccccc4c(=O)n3-c3cc(C)ccc3C)o2)cc1. The van der Waals surface area contributed by atoms with Crippen LogP contribution in [0.5, 0.6) is 0 Å². The standard InChI is InChI=1S/C27H24N4O2S/c1-16-10-13-20(14-11-16)25-30-29-24(33-25)19(4)34-27-28-22-8-6-5-7-21(22)26(32)31(27)23-15-17(2)9-12-18(23)3/h5-15,19H,1-4H3. The van der Waals surface area contributed by atoms with Crippen LogP contribution in [0.25, 0.3) is 28.0 Å². The van der Waals surface area contributed by atoms with E-state index >= 15 is 0 Å². The summed E-state index contributed by atoms with van der Waals surface area (Å²) in [6.07, 6.45) is 0. The van der Waals surface area contributed by atoms with Crippen molar-refractivity contribution in [3.8, 4) is 17.1 Å². The molecule has 0 bridgehead atoms. The second-order valence-electron chi connectivity index (χ2n) is 8.41. The lowest BCUT2D eigenvalue weighted by Crippen LogP contribution is -2.22. The Morgan fingerprint density at radius 3 is 2.44 bits per heavy atom. The Morgan fingerprint density at radius 1 is 0.912 bits per heavy atom. The maximum atomic E-state index is 13.6. The van der Waals surface area contributed by atoms with Gasteiger partial charge in [-0.2, -0.15) is 0 Å². The number of aryl methyl sites for hydroxylation is 3. The average molecular weight is 469 g/mol. The Bertz CT molecular complexity index is 1550. The van der Waals surface area contributed by atoms with Crippen LogP contribution in [-0.4, -0.2) is 19.7 Å². The maximum absolute atomic E-state index is 13.6. The number of rotatable bonds is 5. The molecule has 0 N–H and O–H groups in total. The van der Waals surface area contributed by atoms with Crippen molar-refractivity contribution in [2.45, 2.75) is 38.1 Å². The first-order chi connectivity index (χ1) is 16.4. The highest BCUT2D eigenvalue weighted by molar-refractivity contribution is 7.99. The van der Waals surface area contributed by atoms with E-state index in [0.29, 0.717) is 27.8 Å². The van der Waals surface area contributed by atoms with Crippen LogP contribution in [0, 0.1) is 20.8 Å². The highest BCUT2D eigenvalue weighted by atomic mass is 32.2. The number of para-hydroxylation sites is 1. The monoisotopic (exact) mass is 468 g/mol. The van der Waals surface area contributed by atoms with Crippen LogP contribution >= 0.6 is 11.8 Å². The third-order valence-corrected chi connectivity index (χ3v) is 6.76. The van der Waals surface area contributed by atoms with Crippen LogP contribution in [0.4, 0.5) is 0 Å². The summed E-state index contributed by atoms with van der Waals surface area (Å²) in [6, 6.07) is 21.5. The van der Waals surface area contributed by atoms with Gasteiger partial charge in [-0.3, -0.25) is 9.36 Å². The molecule has 7 heteroatoms. The predicted octanol–water partition coefficient (Wildman–Crippen LogP) is 6.21. The predicted molar refractivity (Wildman–Crippen MR) is 136 cm³/mol. The Kier molecular flexibility index (Phi) is 5.79. The van der Waals surface area contributed by atoms with E-state index in [1.165, 1.54) is 17.3 Å². The summed E-state index contributed by atoms with van der Waals surface area (Å²) in [6.45, 7) is 8.03. The van der Waals surface area contributed by atoms with E-state index in [-0.39, 0.29) is 10.8 Å². The minimum absolute atomic E-state index is 0.0973. The molecule has 0 spiro atoms. The molecule has 0 saturated heterocycles. The largest absolute Gasteiger partial charge is 0.419 e. The molecule has 1 unspecified atom stereocenters. The fraction of sp³-hybridized carbons (Fsp3) is 0.185. The summed E-state index contributed by atoms with van der Waals surface area (Å²) in [5.74, 6) is 0.955. The number of thioether (sulfide) groups is 1. The van der Waals surface area contributed by atoms with Crippen LogP contribution in [0.2, 0.25) is 0 Å². The van der Waals surface area contributed by atoms with E-state index in [1.54, 1.807) is 4.57 Å². The first-order valence-corrected chi connectivity index (χ1v) is 11.9. The molecule has 2 aromatic heterocycles. The molecule has 1 atom stereocenters. The number of hydrogen-bond acceptors (Lipinski definition) is 6. The van der Waals surface area contributed by atoms with Crippen LogP contribution in [0.15, 0.2) is 81.1 Å². The zero-order valence-electron chi connectivity index (χ0n) is 19.4. The molecule has 170 valence electrons. The fourth-order valence-corrected chi connectivity index (χ4v) is 4.73. The third kappa shape index (κ3) is 4.15. The number of aromatic nitrogens is 4. The van der Waals surface area contributed by atoms with Crippen LogP contribution in [-0.2, 0) is 0 Å². The summed E-state index contributed by atoms with van der Waals surface area (Å²) in [7, 11) is 0. The lowest BCUT2D eigenvalue weighted by Gasteiger charge is -2.17. The zero-order valence-corrected chi connectivity index (χ0v) is 20.3. The smallest absolute Gasteiger partial charge is 0.266 e. The van der Waals surface area contributed by atoms with E-state index in [4.69, 9.17) is 9.40 Å². The van der Waals surface area contributed by atoms with Crippen LogP contribution in [0.3, 0.4) is 0 Å². The molecule has 0 amide bonds. The third-order valence-electron chi connectivity index (χ3n) is 5.72. The van der Waals surface area contributed by atoms with Crippen LogP contribution < -0.4 is 5.56 Å². The second kappa shape index (κ2) is 8.91. The highest BCUT2D eigenvalue weighted by Crippen LogP contribution is 2.35. The maximum Gasteiger partial charge on any atom is 0.266 e. The van der Waals surface area contributed by atoms with Crippen molar-refractivity contribution >= 4 is 22.7 Å². The second-order valence-corrected chi connectivity index (χ2v) is 9.72. The van der Waals surface area contributed by atoms with Gasteiger partial charge in [-0.05, 0) is 69.2 Å². The molecule has 3 aromatic carbocycles. The molecule has 5 aromatic rings. The van der Waals surface area contributed by atoms with E-state index in [9.17, 15) is 4.79 Å². The fourth-order valence-electron chi connectivity index (χ4n) is 3.78. The van der Waals surface area contributed by atoms with Gasteiger partial charge in [0, 0.05) is 5.56 Å². The van der Waals surface area contributed by atoms with Crippen molar-refractivity contribution < 1.29 is 4.42 Å². The van der Waals surface area contributed by atoms with Gasteiger partial charge >= 0.3 is 0 Å². The van der Waals surface area contributed by atoms with Gasteiger partial charge in [0.25, 0.3) is 5.56 Å². The molecule has 0 aliphatic heterocycles. The molecule has 2 heterocycles. The normalized spacial score (nSPS) is 12.2. The summed E-state index contributed by atoms with van der Waals surface area (Å²) in [5.41, 5.74) is 5.50. The topological polar surface area (TPSA) is 73.8 Å². The quantitative estimate of drug-likeness (QED) is 0.225. The summed E-state index contributed by atoms with van der Waals surface area (Å²) < 4.78 is 7.69. The molecule has 0 radical (unpaired) electrons. The first-order valence-electron chi connectivity index (χ1n) is 11.1. The number of benzene rings is 3. The number of nitrogens with zero attached hydrogens (tertiary/aromatic N) is 4. The molecular weight excluding hydrogens is 444 g/mol. The minimum Gasteiger partial charge on any atom is -0.419 e. The lowest BCUT2D eigenvalue weighted by molar-refractivity contribution is 0.508. The van der Waals surface area contributed by atoms with Crippen molar-refractivity contribution in [2.75, 3.05) is 0 Å². The van der Waals surface area contributed by atoms with Gasteiger partial charge in [-0.25, -0.2) is 4.98 Å². The average Bonchev–Trinajstić information content (AvgIpc) is 3.32. The van der Waals surface area contributed by atoms with Gasteiger partial charge in [-0.15, -0.1) is 10.2 Å². The van der Waals surface area contributed by atoms with Crippen molar-refractivity contribution in [1.29, 1.82) is 0 Å². The van der Waals surface area contributed by atoms with Gasteiger partial charge in [0.2, 0.25) is 11.8 Å². The molecule has 6 nitrogen and oxygen atoms in total. The summed E-state index contributed by atoms with van der Waals surface area (Å²) in [4.78, 5) is 18.5. The zero-order chi connectivity index (χ0) is 23.8. The van der Waals surface area contributed by atoms with E-state index in [2.05, 4.69) is 10.2 Å². The molecular formula is C27H24N4O2S. The van der Waals surface area contributed by atoms with Crippen molar-refractivity contribution in [2.24, 2.45) is 0 Å². The van der Waals surface area contributed by atoms with Gasteiger partial charge in [0.1, 0.15) is 0 Å². The van der Waals surface area contributed by atoms with E-state index < -0.39 is 0 Å². The molecule has 34 heavy (non-hydrogen) atoms. The molecule has 0 aliphatic carbocycles. The number of hydrogen-bond donors (Lipinski definition) is 0. The van der Waals surface area contributed by atoms with Crippen molar-refractivity contribution in [3.63, 3.8) is 0 Å². The van der Waals surface area contributed by atoms with Crippen LogP contribution in [0.1, 0.15) is 34.8 Å². The van der Waals surface area contributed by atoms with Gasteiger partial charge in [0.05, 0.1) is 21.8 Å². The highest BCUT2D eigenvalue weighted by Gasteiger charge is 2.22. The first kappa shape index (κ1) is 22.1. The van der Waals surface area contributed by atoms with Gasteiger partial charge in [0.15, 0.2) is 5.16 Å². The Balaban J connectivity index is 1.58. The minimum atomic E-state index is -0.212.